The molecule has 1 atom stereocenters. The van der Waals surface area contributed by atoms with Crippen LogP contribution in [0.25, 0.3) is 0 Å². The molecule has 4 amide bonds. The number of carbonyl (C=O) groups excluding carboxylic acids is 3. The van der Waals surface area contributed by atoms with Crippen molar-refractivity contribution in [3.8, 4) is 0 Å². The second-order valence-electron chi connectivity index (χ2n) is 5.37. The van der Waals surface area contributed by atoms with Crippen LogP contribution in [-0.4, -0.2) is 28.3 Å². The van der Waals surface area contributed by atoms with E-state index >= 15 is 0 Å². The summed E-state index contributed by atoms with van der Waals surface area (Å²) in [6.45, 7) is 7.63. The van der Waals surface area contributed by atoms with Crippen molar-refractivity contribution in [1.82, 2.24) is 10.2 Å². The Kier molecular flexibility index (Phi) is 4.48. The number of rotatable bonds is 5. The Morgan fingerprint density at radius 3 is 2.28 bits per heavy atom. The lowest BCUT2D eigenvalue weighted by Gasteiger charge is -2.41. The average molecular weight is 254 g/mol. The Morgan fingerprint density at radius 1 is 1.17 bits per heavy atom. The minimum absolute atomic E-state index is 0.357. The first-order chi connectivity index (χ1) is 8.35. The Bertz CT molecular complexity index is 363. The summed E-state index contributed by atoms with van der Waals surface area (Å²) in [5, 5.41) is 2.29. The second-order valence-corrected chi connectivity index (χ2v) is 5.37. The molecule has 1 rings (SSSR count). The maximum atomic E-state index is 12.3. The van der Waals surface area contributed by atoms with Gasteiger partial charge < -0.3 is 0 Å². The molecule has 18 heavy (non-hydrogen) atoms. The van der Waals surface area contributed by atoms with Crippen LogP contribution in [0, 0.1) is 5.92 Å². The van der Waals surface area contributed by atoms with Crippen LogP contribution in [0.4, 0.5) is 4.79 Å². The fourth-order valence-corrected chi connectivity index (χ4v) is 2.46. The number of amides is 4. The summed E-state index contributed by atoms with van der Waals surface area (Å²) >= 11 is 0. The van der Waals surface area contributed by atoms with Gasteiger partial charge in [0.1, 0.15) is 5.92 Å². The third-order valence-corrected chi connectivity index (χ3v) is 3.31. The summed E-state index contributed by atoms with van der Waals surface area (Å²) in [5.41, 5.74) is -0.553. The minimum atomic E-state index is -0.719. The highest BCUT2D eigenvalue weighted by molar-refractivity contribution is 6.16. The van der Waals surface area contributed by atoms with Gasteiger partial charge in [-0.15, -0.1) is 0 Å². The van der Waals surface area contributed by atoms with E-state index in [1.807, 2.05) is 27.7 Å². The maximum Gasteiger partial charge on any atom is 0.331 e. The fraction of sp³-hybridized carbons (Fsp3) is 0.769. The largest absolute Gasteiger partial charge is 0.331 e. The predicted octanol–water partition coefficient (Wildman–Crippen LogP) is 2.06. The summed E-state index contributed by atoms with van der Waals surface area (Å²) in [5.74, 6) is -1.54. The zero-order chi connectivity index (χ0) is 13.9. The summed E-state index contributed by atoms with van der Waals surface area (Å²) in [7, 11) is 0. The highest BCUT2D eigenvalue weighted by Gasteiger charge is 2.45. The SMILES string of the molecule is CCCC1C(=O)NC(=O)N(C(C)(C)CCC)C1=O. The molecule has 1 aliphatic heterocycles. The van der Waals surface area contributed by atoms with Gasteiger partial charge in [-0.3, -0.25) is 19.8 Å². The smallest absolute Gasteiger partial charge is 0.277 e. The Balaban J connectivity index is 3.00. The number of imide groups is 2. The van der Waals surface area contributed by atoms with Crippen molar-refractivity contribution in [3.63, 3.8) is 0 Å². The quantitative estimate of drug-likeness (QED) is 0.764. The Morgan fingerprint density at radius 2 is 1.78 bits per heavy atom. The van der Waals surface area contributed by atoms with E-state index in [1.54, 1.807) is 0 Å². The summed E-state index contributed by atoms with van der Waals surface area (Å²) in [6, 6.07) is -0.587. The minimum Gasteiger partial charge on any atom is -0.277 e. The van der Waals surface area contributed by atoms with Gasteiger partial charge in [-0.25, -0.2) is 4.79 Å². The first-order valence-corrected chi connectivity index (χ1v) is 6.54. The molecule has 1 unspecified atom stereocenters. The van der Waals surface area contributed by atoms with E-state index in [0.717, 1.165) is 19.3 Å². The molecule has 1 fully saturated rings. The molecule has 0 aromatic heterocycles. The molecule has 0 saturated carbocycles. The van der Waals surface area contributed by atoms with Gasteiger partial charge in [0.25, 0.3) is 0 Å². The third kappa shape index (κ3) is 2.71. The first-order valence-electron chi connectivity index (χ1n) is 6.54. The molecule has 0 spiro atoms. The first kappa shape index (κ1) is 14.7. The van der Waals surface area contributed by atoms with E-state index in [9.17, 15) is 14.4 Å². The van der Waals surface area contributed by atoms with Crippen LogP contribution in [0.5, 0.6) is 0 Å². The molecular weight excluding hydrogens is 232 g/mol. The molecular formula is C13H22N2O3. The van der Waals surface area contributed by atoms with Gasteiger partial charge in [0, 0.05) is 5.54 Å². The van der Waals surface area contributed by atoms with Crippen LogP contribution >= 0.6 is 0 Å². The Labute approximate surface area is 108 Å². The van der Waals surface area contributed by atoms with Crippen LogP contribution in [0.3, 0.4) is 0 Å². The number of hydrogen-bond donors (Lipinski definition) is 1. The van der Waals surface area contributed by atoms with Gasteiger partial charge in [-0.1, -0.05) is 26.7 Å². The predicted molar refractivity (Wildman–Crippen MR) is 67.8 cm³/mol. The van der Waals surface area contributed by atoms with Crippen LogP contribution in [-0.2, 0) is 9.59 Å². The third-order valence-electron chi connectivity index (χ3n) is 3.31. The number of barbiturate groups is 1. The monoisotopic (exact) mass is 254 g/mol. The molecule has 0 aromatic rings. The number of hydrogen-bond acceptors (Lipinski definition) is 3. The molecule has 102 valence electrons. The lowest BCUT2D eigenvalue weighted by atomic mass is 9.91. The van der Waals surface area contributed by atoms with Gasteiger partial charge in [0.05, 0.1) is 0 Å². The molecule has 1 N–H and O–H groups in total. The average Bonchev–Trinajstić information content (AvgIpc) is 2.23. The number of nitrogens with one attached hydrogen (secondary N) is 1. The van der Waals surface area contributed by atoms with Crippen molar-refractivity contribution in [2.24, 2.45) is 5.92 Å². The lowest BCUT2D eigenvalue weighted by Crippen LogP contribution is -2.64. The van der Waals surface area contributed by atoms with Gasteiger partial charge >= 0.3 is 6.03 Å². The van der Waals surface area contributed by atoms with Crippen molar-refractivity contribution in [1.29, 1.82) is 0 Å². The van der Waals surface area contributed by atoms with Crippen molar-refractivity contribution in [2.45, 2.75) is 58.9 Å². The summed E-state index contributed by atoms with van der Waals surface area (Å²) in [6.07, 6.45) is 2.81. The van der Waals surface area contributed by atoms with Gasteiger partial charge in [0.15, 0.2) is 0 Å². The standard InChI is InChI=1S/C13H22N2O3/c1-5-7-9-10(16)14-12(18)15(11(9)17)13(3,4)8-6-2/h9H,5-8H2,1-4H3,(H,14,16,18). The highest BCUT2D eigenvalue weighted by Crippen LogP contribution is 2.27. The molecule has 0 radical (unpaired) electrons. The van der Waals surface area contributed by atoms with E-state index < -0.39 is 23.4 Å². The van der Waals surface area contributed by atoms with E-state index in [2.05, 4.69) is 5.32 Å². The topological polar surface area (TPSA) is 66.5 Å². The molecule has 1 heterocycles. The Hall–Kier alpha value is -1.39. The van der Waals surface area contributed by atoms with E-state index in [-0.39, 0.29) is 5.91 Å². The molecule has 0 aliphatic carbocycles. The highest BCUT2D eigenvalue weighted by atomic mass is 16.2. The fourth-order valence-electron chi connectivity index (χ4n) is 2.46. The van der Waals surface area contributed by atoms with E-state index in [1.165, 1.54) is 4.90 Å². The zero-order valence-electron chi connectivity index (χ0n) is 11.6. The number of nitrogens with zero attached hydrogens (tertiary/aromatic N) is 1. The molecule has 1 aliphatic rings. The maximum absolute atomic E-state index is 12.3. The van der Waals surface area contributed by atoms with Gasteiger partial charge in [0.2, 0.25) is 11.8 Å². The van der Waals surface area contributed by atoms with Crippen molar-refractivity contribution in [2.75, 3.05) is 0 Å². The number of urea groups is 1. The van der Waals surface area contributed by atoms with Crippen LogP contribution in [0.15, 0.2) is 0 Å². The van der Waals surface area contributed by atoms with E-state index in [0.29, 0.717) is 6.42 Å². The van der Waals surface area contributed by atoms with Crippen LogP contribution in [0.1, 0.15) is 53.4 Å². The van der Waals surface area contributed by atoms with E-state index in [4.69, 9.17) is 0 Å². The van der Waals surface area contributed by atoms with Crippen molar-refractivity contribution >= 4 is 17.8 Å². The van der Waals surface area contributed by atoms with Crippen molar-refractivity contribution in [3.05, 3.63) is 0 Å². The zero-order valence-corrected chi connectivity index (χ0v) is 11.6. The van der Waals surface area contributed by atoms with Gasteiger partial charge in [-0.2, -0.15) is 0 Å². The molecule has 0 aromatic carbocycles. The van der Waals surface area contributed by atoms with Gasteiger partial charge in [-0.05, 0) is 26.7 Å². The molecule has 1 saturated heterocycles. The lowest BCUT2D eigenvalue weighted by molar-refractivity contribution is -0.146. The second kappa shape index (κ2) is 5.50. The molecule has 5 heteroatoms. The van der Waals surface area contributed by atoms with Crippen LogP contribution < -0.4 is 5.32 Å². The van der Waals surface area contributed by atoms with Crippen LogP contribution in [0.2, 0.25) is 0 Å². The molecule has 5 nitrogen and oxygen atoms in total. The molecule has 0 bridgehead atoms. The number of carbonyl (C=O) groups is 3. The summed E-state index contributed by atoms with van der Waals surface area (Å²) < 4.78 is 0. The normalized spacial score (nSPS) is 21.2. The van der Waals surface area contributed by atoms with Crippen molar-refractivity contribution < 1.29 is 14.4 Å². The summed E-state index contributed by atoms with van der Waals surface area (Å²) in [4.78, 5) is 37.0.